The van der Waals surface area contributed by atoms with Crippen LogP contribution in [0.4, 0.5) is 0 Å². The van der Waals surface area contributed by atoms with E-state index in [4.69, 9.17) is 5.11 Å². The molecule has 0 saturated heterocycles. The van der Waals surface area contributed by atoms with E-state index in [1.165, 1.54) is 12.1 Å². The van der Waals surface area contributed by atoms with Gasteiger partial charge in [0.05, 0.1) is 12.6 Å². The average Bonchev–Trinajstić information content (AvgIpc) is 2.25. The van der Waals surface area contributed by atoms with E-state index in [-0.39, 0.29) is 30.2 Å². The van der Waals surface area contributed by atoms with Crippen LogP contribution in [0.2, 0.25) is 0 Å². The van der Waals surface area contributed by atoms with Crippen LogP contribution in [-0.2, 0) is 0 Å². The summed E-state index contributed by atoms with van der Waals surface area (Å²) in [6.07, 6.45) is 0. The molecule has 1 rings (SSSR count). The van der Waals surface area contributed by atoms with Crippen molar-refractivity contribution in [3.63, 3.8) is 0 Å². The maximum absolute atomic E-state index is 11.7. The minimum absolute atomic E-state index is 0.0535. The van der Waals surface area contributed by atoms with Gasteiger partial charge in [0.25, 0.3) is 5.91 Å². The number of phenols is 1. The summed E-state index contributed by atoms with van der Waals surface area (Å²) in [5.74, 6) is -0.0762. The minimum atomic E-state index is -0.288. The van der Waals surface area contributed by atoms with Crippen LogP contribution in [0.5, 0.6) is 5.75 Å². The van der Waals surface area contributed by atoms with Crippen LogP contribution in [0.1, 0.15) is 24.2 Å². The highest BCUT2D eigenvalue weighted by molar-refractivity contribution is 5.94. The van der Waals surface area contributed by atoms with Gasteiger partial charge in [-0.15, -0.1) is 0 Å². The van der Waals surface area contributed by atoms with Gasteiger partial charge in [0.1, 0.15) is 5.75 Å². The molecule has 0 aliphatic heterocycles. The number of aliphatic hydroxyl groups is 1. The van der Waals surface area contributed by atoms with Crippen molar-refractivity contribution < 1.29 is 15.0 Å². The Morgan fingerprint density at radius 1 is 1.44 bits per heavy atom. The fraction of sp³-hybridized carbons (Fsp3) is 0.417. The quantitative estimate of drug-likeness (QED) is 0.717. The second kappa shape index (κ2) is 5.51. The molecule has 4 nitrogen and oxygen atoms in total. The highest BCUT2D eigenvalue weighted by Gasteiger charge is 2.16. The monoisotopic (exact) mass is 223 g/mol. The van der Waals surface area contributed by atoms with Crippen molar-refractivity contribution >= 4 is 5.91 Å². The molecule has 0 aliphatic carbocycles. The largest absolute Gasteiger partial charge is 0.508 e. The van der Waals surface area contributed by atoms with Crippen LogP contribution in [-0.4, -0.2) is 28.8 Å². The van der Waals surface area contributed by atoms with Crippen molar-refractivity contribution in [2.45, 2.75) is 19.9 Å². The van der Waals surface area contributed by atoms with Crippen molar-refractivity contribution in [1.29, 1.82) is 0 Å². The Balaban J connectivity index is 2.72. The topological polar surface area (TPSA) is 69.6 Å². The summed E-state index contributed by atoms with van der Waals surface area (Å²) in [7, 11) is 0. The summed E-state index contributed by atoms with van der Waals surface area (Å²) < 4.78 is 0. The Labute approximate surface area is 94.9 Å². The zero-order chi connectivity index (χ0) is 12.1. The van der Waals surface area contributed by atoms with Gasteiger partial charge in [0, 0.05) is 5.56 Å². The molecule has 1 aromatic rings. The molecule has 0 saturated carbocycles. The number of nitrogens with one attached hydrogen (secondary N) is 1. The number of carbonyl (C=O) groups excluding carboxylic acids is 1. The number of carbonyl (C=O) groups is 1. The van der Waals surface area contributed by atoms with Gasteiger partial charge in [-0.05, 0) is 24.1 Å². The van der Waals surface area contributed by atoms with Crippen molar-refractivity contribution in [2.24, 2.45) is 5.92 Å². The summed E-state index contributed by atoms with van der Waals surface area (Å²) in [5, 5.41) is 21.0. The molecule has 0 aliphatic rings. The van der Waals surface area contributed by atoms with E-state index in [0.29, 0.717) is 5.56 Å². The van der Waals surface area contributed by atoms with Crippen LogP contribution >= 0.6 is 0 Å². The van der Waals surface area contributed by atoms with E-state index in [0.717, 1.165) is 0 Å². The number of amides is 1. The Morgan fingerprint density at radius 2 is 2.12 bits per heavy atom. The lowest BCUT2D eigenvalue weighted by Crippen LogP contribution is -2.41. The number of rotatable bonds is 4. The summed E-state index contributed by atoms with van der Waals surface area (Å²) in [6, 6.07) is 5.85. The lowest BCUT2D eigenvalue weighted by molar-refractivity contribution is 0.0896. The molecule has 0 aromatic heterocycles. The zero-order valence-electron chi connectivity index (χ0n) is 9.47. The van der Waals surface area contributed by atoms with Crippen LogP contribution in [0.15, 0.2) is 24.3 Å². The van der Waals surface area contributed by atoms with Crippen molar-refractivity contribution in [3.8, 4) is 5.75 Å². The average molecular weight is 223 g/mol. The van der Waals surface area contributed by atoms with Gasteiger partial charge in [-0.1, -0.05) is 19.9 Å². The zero-order valence-corrected chi connectivity index (χ0v) is 9.47. The first-order valence-corrected chi connectivity index (χ1v) is 5.25. The number of aliphatic hydroxyl groups excluding tert-OH is 1. The third-order valence-corrected chi connectivity index (χ3v) is 2.43. The highest BCUT2D eigenvalue weighted by Crippen LogP contribution is 2.11. The lowest BCUT2D eigenvalue weighted by Gasteiger charge is -2.19. The van der Waals surface area contributed by atoms with Gasteiger partial charge in [0.15, 0.2) is 0 Å². The molecule has 0 unspecified atom stereocenters. The maximum atomic E-state index is 11.7. The smallest absolute Gasteiger partial charge is 0.251 e. The van der Waals surface area contributed by atoms with Crippen molar-refractivity contribution in [1.82, 2.24) is 5.32 Å². The molecular weight excluding hydrogens is 206 g/mol. The SMILES string of the molecule is CC(C)[C@@H](CO)NC(=O)c1cccc(O)c1. The number of phenolic OH excluding ortho intramolecular Hbond substituents is 1. The molecule has 1 atom stereocenters. The van der Waals surface area contributed by atoms with Crippen molar-refractivity contribution in [2.75, 3.05) is 6.61 Å². The van der Waals surface area contributed by atoms with Crippen molar-refractivity contribution in [3.05, 3.63) is 29.8 Å². The van der Waals surface area contributed by atoms with E-state index in [1.807, 2.05) is 13.8 Å². The molecular formula is C12H17NO3. The van der Waals surface area contributed by atoms with Gasteiger partial charge >= 0.3 is 0 Å². The molecule has 0 radical (unpaired) electrons. The Morgan fingerprint density at radius 3 is 2.62 bits per heavy atom. The summed E-state index contributed by atoms with van der Waals surface area (Å²) in [4.78, 5) is 11.7. The minimum Gasteiger partial charge on any atom is -0.508 e. The van der Waals surface area contributed by atoms with Crippen LogP contribution in [0, 0.1) is 5.92 Å². The highest BCUT2D eigenvalue weighted by atomic mass is 16.3. The second-order valence-electron chi connectivity index (χ2n) is 4.06. The predicted octanol–water partition coefficient (Wildman–Crippen LogP) is 1.14. The van der Waals surface area contributed by atoms with E-state index in [2.05, 4.69) is 5.32 Å². The van der Waals surface area contributed by atoms with Gasteiger partial charge in [-0.2, -0.15) is 0 Å². The number of benzene rings is 1. The van der Waals surface area contributed by atoms with E-state index in [1.54, 1.807) is 12.1 Å². The van der Waals surface area contributed by atoms with Crippen LogP contribution in [0.3, 0.4) is 0 Å². The van der Waals surface area contributed by atoms with E-state index >= 15 is 0 Å². The first-order chi connectivity index (χ1) is 7.54. The van der Waals surface area contributed by atoms with Crippen LogP contribution < -0.4 is 5.32 Å². The first-order valence-electron chi connectivity index (χ1n) is 5.25. The second-order valence-corrected chi connectivity index (χ2v) is 4.06. The van der Waals surface area contributed by atoms with Gasteiger partial charge < -0.3 is 15.5 Å². The molecule has 0 spiro atoms. The molecule has 88 valence electrons. The third kappa shape index (κ3) is 3.24. The summed E-state index contributed by atoms with van der Waals surface area (Å²) >= 11 is 0. The van der Waals surface area contributed by atoms with Gasteiger partial charge in [0.2, 0.25) is 0 Å². The molecule has 0 heterocycles. The van der Waals surface area contributed by atoms with Gasteiger partial charge in [-0.25, -0.2) is 0 Å². The Hall–Kier alpha value is -1.55. The van der Waals surface area contributed by atoms with Gasteiger partial charge in [-0.3, -0.25) is 4.79 Å². The fourth-order valence-corrected chi connectivity index (χ4v) is 1.32. The summed E-state index contributed by atoms with van der Waals surface area (Å²) in [5.41, 5.74) is 0.388. The molecule has 0 fully saturated rings. The Bertz CT molecular complexity index is 363. The number of hydrogen-bond acceptors (Lipinski definition) is 3. The molecule has 4 heteroatoms. The van der Waals surface area contributed by atoms with E-state index < -0.39 is 0 Å². The van der Waals surface area contributed by atoms with Crippen LogP contribution in [0.25, 0.3) is 0 Å². The molecule has 3 N–H and O–H groups in total. The number of aromatic hydroxyl groups is 1. The first kappa shape index (κ1) is 12.5. The fourth-order valence-electron chi connectivity index (χ4n) is 1.32. The molecule has 16 heavy (non-hydrogen) atoms. The third-order valence-electron chi connectivity index (χ3n) is 2.43. The summed E-state index contributed by atoms with van der Waals surface area (Å²) in [6.45, 7) is 3.75. The Kier molecular flexibility index (Phi) is 4.31. The molecule has 0 bridgehead atoms. The normalized spacial score (nSPS) is 12.5. The molecule has 1 amide bonds. The predicted molar refractivity (Wildman–Crippen MR) is 61.3 cm³/mol. The maximum Gasteiger partial charge on any atom is 0.251 e. The lowest BCUT2D eigenvalue weighted by atomic mass is 10.0. The standard InChI is InChI=1S/C12H17NO3/c1-8(2)11(7-14)13-12(16)9-4-3-5-10(15)6-9/h3-6,8,11,14-15H,7H2,1-2H3,(H,13,16)/t11-/m1/s1. The molecule has 1 aromatic carbocycles. The number of hydrogen-bond donors (Lipinski definition) is 3. The van der Waals surface area contributed by atoms with E-state index in [9.17, 15) is 9.90 Å².